The minimum Gasteiger partial charge on any atom is -0.757 e. The first-order valence-corrected chi connectivity index (χ1v) is 13.4. The van der Waals surface area contributed by atoms with Gasteiger partial charge in [-0.2, -0.15) is 0 Å². The van der Waals surface area contributed by atoms with E-state index in [1.807, 2.05) is 122 Å². The molecule has 2 aliphatic rings. The zero-order valence-electron chi connectivity index (χ0n) is 24.1. The van der Waals surface area contributed by atoms with Crippen LogP contribution in [0.1, 0.15) is 66.5 Å². The highest BCUT2D eigenvalue weighted by Gasteiger charge is 2.59. The second kappa shape index (κ2) is 8.85. The molecule has 0 N–H and O–H groups in total. The summed E-state index contributed by atoms with van der Waals surface area (Å²) in [5.74, 6) is 0.912. The van der Waals surface area contributed by atoms with Crippen molar-refractivity contribution in [2.45, 2.75) is 77.5 Å². The third-order valence-electron chi connectivity index (χ3n) is 8.95. The molecule has 7 nitrogen and oxygen atoms in total. The van der Waals surface area contributed by atoms with Gasteiger partial charge in [0.2, 0.25) is 0 Å². The van der Waals surface area contributed by atoms with E-state index in [4.69, 9.17) is 9.98 Å². The Balaban J connectivity index is 1.50. The van der Waals surface area contributed by atoms with Crippen LogP contribution >= 0.6 is 0 Å². The molecule has 2 aliphatic heterocycles. The molecule has 7 heteroatoms. The minimum absolute atomic E-state index is 0.456. The number of rotatable bonds is 5. The fourth-order valence-electron chi connectivity index (χ4n) is 4.83. The molecule has 3 aromatic rings. The Kier molecular flexibility index (Phi) is 6.07. The van der Waals surface area contributed by atoms with Crippen LogP contribution in [-0.4, -0.2) is 43.7 Å². The third kappa shape index (κ3) is 4.16. The van der Waals surface area contributed by atoms with Gasteiger partial charge in [0.05, 0.1) is 11.1 Å². The molecule has 0 bridgehead atoms. The van der Waals surface area contributed by atoms with Crippen molar-refractivity contribution >= 4 is 28.7 Å². The highest BCUT2D eigenvalue weighted by atomic mass is 16.5. The fraction of sp³-hybridized carbons (Fsp3) is 0.375. The Bertz CT molecular complexity index is 1470. The zero-order valence-corrected chi connectivity index (χ0v) is 24.1. The molecule has 0 saturated heterocycles. The number of hydroxylamine groups is 2. The number of nitroso groups, excluding NO2 is 1. The molecule has 0 amide bonds. The van der Waals surface area contributed by atoms with E-state index in [2.05, 4.69) is 17.0 Å². The topological polar surface area (TPSA) is 74.3 Å². The van der Waals surface area contributed by atoms with Gasteiger partial charge in [-0.3, -0.25) is 4.99 Å². The number of benzene rings is 3. The number of aliphatic imine (C=N–C) groups is 2. The van der Waals surface area contributed by atoms with Gasteiger partial charge >= 0.3 is 5.84 Å². The summed E-state index contributed by atoms with van der Waals surface area (Å²) < 4.78 is 1.03. The molecule has 0 spiro atoms. The molecular weight excluding hydrogens is 486 g/mol. The number of hydrogen-bond donors (Lipinski definition) is 0. The molecule has 0 atom stereocenters. The molecule has 2 heterocycles. The molecule has 3 aromatic carbocycles. The normalized spacial score (nSPS) is 20.5. The highest BCUT2D eigenvalue weighted by molar-refractivity contribution is 6.02. The molecule has 5 rings (SSSR count). The van der Waals surface area contributed by atoms with Gasteiger partial charge in [-0.05, 0) is 121 Å². The Morgan fingerprint density at radius 3 is 1.59 bits per heavy atom. The average Bonchev–Trinajstić information content (AvgIpc) is 3.17. The maximum Gasteiger partial charge on any atom is 0.364 e. The van der Waals surface area contributed by atoms with Crippen LogP contribution in [-0.2, 0) is 0 Å². The second-order valence-electron chi connectivity index (χ2n) is 12.5. The summed E-state index contributed by atoms with van der Waals surface area (Å²) in [6, 6.07) is 26.0. The SMILES string of the molecule is CC1(C)N=C(c2ccc(N(c3ccccc3)c3ccc(C4=NC(C)(C)C(C)(C)[N+]4=O)cc3)cc2)N([O-])C1(C)C. The molecular formula is C32H37N5O2. The third-order valence-corrected chi connectivity index (χ3v) is 8.95. The van der Waals surface area contributed by atoms with E-state index in [9.17, 15) is 10.1 Å². The summed E-state index contributed by atoms with van der Waals surface area (Å²) in [6.45, 7) is 15.7. The van der Waals surface area contributed by atoms with Crippen molar-refractivity contribution in [1.29, 1.82) is 0 Å². The van der Waals surface area contributed by atoms with Gasteiger partial charge in [0.15, 0.2) is 11.1 Å². The van der Waals surface area contributed by atoms with E-state index in [0.717, 1.165) is 38.0 Å². The number of nitrogens with zero attached hydrogens (tertiary/aromatic N) is 5. The second-order valence-corrected chi connectivity index (χ2v) is 12.5. The van der Waals surface area contributed by atoms with Crippen LogP contribution in [0.5, 0.6) is 0 Å². The van der Waals surface area contributed by atoms with E-state index in [0.29, 0.717) is 11.7 Å². The van der Waals surface area contributed by atoms with Crippen molar-refractivity contribution in [3.8, 4) is 0 Å². The lowest BCUT2D eigenvalue weighted by atomic mass is 9.84. The van der Waals surface area contributed by atoms with Crippen LogP contribution in [0.2, 0.25) is 0 Å². The number of para-hydroxylation sites is 1. The number of hydrogen-bond acceptors (Lipinski definition) is 6. The van der Waals surface area contributed by atoms with Crippen molar-refractivity contribution in [2.24, 2.45) is 9.98 Å². The quantitative estimate of drug-likeness (QED) is 0.327. The van der Waals surface area contributed by atoms with Gasteiger partial charge in [-0.1, -0.05) is 28.1 Å². The van der Waals surface area contributed by atoms with Crippen LogP contribution in [0.25, 0.3) is 0 Å². The van der Waals surface area contributed by atoms with Crippen molar-refractivity contribution in [3.63, 3.8) is 0 Å². The van der Waals surface area contributed by atoms with Crippen molar-refractivity contribution in [2.75, 3.05) is 4.90 Å². The van der Waals surface area contributed by atoms with Gasteiger partial charge in [-0.15, -0.1) is 0 Å². The van der Waals surface area contributed by atoms with Crippen LogP contribution in [0.3, 0.4) is 0 Å². The van der Waals surface area contributed by atoms with E-state index in [1.54, 1.807) is 0 Å². The van der Waals surface area contributed by atoms with E-state index in [1.165, 1.54) is 0 Å². The van der Waals surface area contributed by atoms with Crippen molar-refractivity contribution in [3.05, 3.63) is 100 Å². The van der Waals surface area contributed by atoms with Crippen LogP contribution in [0.4, 0.5) is 17.1 Å². The van der Waals surface area contributed by atoms with Gasteiger partial charge < -0.3 is 15.2 Å². The molecule has 0 radical (unpaired) electrons. The summed E-state index contributed by atoms with van der Waals surface area (Å²) in [4.78, 5) is 24.8. The molecule has 0 fully saturated rings. The Morgan fingerprint density at radius 2 is 1.15 bits per heavy atom. The summed E-state index contributed by atoms with van der Waals surface area (Å²) >= 11 is 0. The van der Waals surface area contributed by atoms with E-state index in [-0.39, 0.29) is 0 Å². The maximum absolute atomic E-state index is 13.1. The lowest BCUT2D eigenvalue weighted by molar-refractivity contribution is -0.514. The first-order chi connectivity index (χ1) is 18.2. The molecule has 0 saturated carbocycles. The van der Waals surface area contributed by atoms with Gasteiger partial charge in [-0.25, -0.2) is 0 Å². The first kappa shape index (κ1) is 26.8. The molecule has 0 aromatic heterocycles. The molecule has 0 aliphatic carbocycles. The standard InChI is InChI=1S/C32H37N5O2/c1-29(2)31(5,6)36(38)27(33-29)22-14-18-25(19-15-22)35(24-12-10-9-11-13-24)26-20-16-23(17-21-26)28-34-30(3,4)32(7,8)37(28)39/h9-21H,1-8H3. The van der Waals surface area contributed by atoms with E-state index >= 15 is 0 Å². The highest BCUT2D eigenvalue weighted by Crippen LogP contribution is 2.40. The predicted molar refractivity (Wildman–Crippen MR) is 159 cm³/mol. The average molecular weight is 524 g/mol. The van der Waals surface area contributed by atoms with E-state index < -0.39 is 22.2 Å². The first-order valence-electron chi connectivity index (χ1n) is 13.4. The summed E-state index contributed by atoms with van der Waals surface area (Å²) in [5, 5.41) is 14.1. The summed E-state index contributed by atoms with van der Waals surface area (Å²) in [7, 11) is 0. The Morgan fingerprint density at radius 1 is 0.667 bits per heavy atom. The fourth-order valence-corrected chi connectivity index (χ4v) is 4.83. The van der Waals surface area contributed by atoms with Crippen LogP contribution in [0, 0.1) is 10.1 Å². The molecule has 39 heavy (non-hydrogen) atoms. The van der Waals surface area contributed by atoms with Gasteiger partial charge in [0, 0.05) is 28.2 Å². The monoisotopic (exact) mass is 523 g/mol. The van der Waals surface area contributed by atoms with Gasteiger partial charge in [0.1, 0.15) is 5.84 Å². The molecule has 0 unspecified atom stereocenters. The Hall–Kier alpha value is -3.84. The zero-order chi connectivity index (χ0) is 28.4. The largest absolute Gasteiger partial charge is 0.757 e. The maximum atomic E-state index is 13.1. The van der Waals surface area contributed by atoms with Crippen molar-refractivity contribution < 1.29 is 4.76 Å². The number of anilines is 3. The summed E-state index contributed by atoms with van der Waals surface area (Å²) in [5.41, 5.74) is 2.21. The van der Waals surface area contributed by atoms with Crippen LogP contribution < -0.4 is 4.90 Å². The Labute approximate surface area is 231 Å². The molecule has 202 valence electrons. The lowest BCUT2D eigenvalue weighted by Gasteiger charge is -2.45. The lowest BCUT2D eigenvalue weighted by Crippen LogP contribution is -2.50. The van der Waals surface area contributed by atoms with Crippen LogP contribution in [0.15, 0.2) is 88.8 Å². The number of amidine groups is 2. The smallest absolute Gasteiger partial charge is 0.364 e. The van der Waals surface area contributed by atoms with Gasteiger partial charge in [0.25, 0.3) is 0 Å². The predicted octanol–water partition coefficient (Wildman–Crippen LogP) is 7.37. The minimum atomic E-state index is -0.632. The van der Waals surface area contributed by atoms with Crippen molar-refractivity contribution in [1.82, 2.24) is 5.06 Å². The summed E-state index contributed by atoms with van der Waals surface area (Å²) in [6.07, 6.45) is 0.